The van der Waals surface area contributed by atoms with Crippen molar-refractivity contribution in [3.8, 4) is 11.3 Å². The first-order valence-electron chi connectivity index (χ1n) is 11.6. The number of hydrogen-bond acceptors (Lipinski definition) is 8. The van der Waals surface area contributed by atoms with Crippen LogP contribution in [0.25, 0.3) is 22.3 Å². The number of anilines is 1. The molecule has 0 amide bonds. The molecule has 1 aromatic carbocycles. The summed E-state index contributed by atoms with van der Waals surface area (Å²) in [5, 5.41) is 24.4. The second-order valence-electron chi connectivity index (χ2n) is 9.40. The van der Waals surface area contributed by atoms with Crippen LogP contribution in [0, 0.1) is 5.82 Å². The molecule has 5 atom stereocenters. The predicted molar refractivity (Wildman–Crippen MR) is 124 cm³/mol. The first-order valence-corrected chi connectivity index (χ1v) is 11.4. The molecule has 4 heterocycles. The third-order valence-corrected chi connectivity index (χ3v) is 6.25. The molecule has 0 saturated carbocycles. The molecule has 182 valence electrons. The molecule has 9 nitrogen and oxygen atoms in total. The summed E-state index contributed by atoms with van der Waals surface area (Å²) in [5.74, 6) is -0.102. The fourth-order valence-electron chi connectivity index (χ4n) is 4.40. The average Bonchev–Trinajstić information content (AvgIpc) is 3.40. The van der Waals surface area contributed by atoms with Crippen LogP contribution in [0.1, 0.15) is 47.3 Å². The zero-order valence-corrected chi connectivity index (χ0v) is 19.9. The van der Waals surface area contributed by atoms with E-state index in [0.29, 0.717) is 16.9 Å². The van der Waals surface area contributed by atoms with E-state index in [4.69, 9.17) is 22.4 Å². The van der Waals surface area contributed by atoms with Crippen molar-refractivity contribution in [1.29, 1.82) is 0 Å². The van der Waals surface area contributed by atoms with Crippen LogP contribution in [-0.2, 0) is 15.1 Å². The van der Waals surface area contributed by atoms with E-state index in [1.54, 1.807) is 24.5 Å². The SMILES string of the molecule is [2H][C@@H]1[C@H]2OC[C@H](O2)[C@@H](O)[C@@H]1Nc1ncc(Cl)c(-c2cc(F)c3nc(C(C)(C)O)n(C(C)C)c3c2)n1. The largest absolute Gasteiger partial charge is 0.388 e. The first kappa shape index (κ1) is 22.1. The van der Waals surface area contributed by atoms with Crippen molar-refractivity contribution in [3.63, 3.8) is 0 Å². The van der Waals surface area contributed by atoms with Crippen molar-refractivity contribution in [1.82, 2.24) is 19.5 Å². The van der Waals surface area contributed by atoms with E-state index < -0.39 is 42.4 Å². The Kier molecular flexibility index (Phi) is 5.45. The average molecular weight is 493 g/mol. The topological polar surface area (TPSA) is 115 Å². The molecule has 3 aromatic rings. The van der Waals surface area contributed by atoms with Gasteiger partial charge in [0.25, 0.3) is 0 Å². The van der Waals surface area contributed by atoms with Gasteiger partial charge in [-0.1, -0.05) is 11.6 Å². The lowest BCUT2D eigenvalue weighted by molar-refractivity contribution is -0.123. The second kappa shape index (κ2) is 8.39. The lowest BCUT2D eigenvalue weighted by atomic mass is 10.0. The van der Waals surface area contributed by atoms with Crippen LogP contribution >= 0.6 is 11.6 Å². The molecule has 2 saturated heterocycles. The highest BCUT2D eigenvalue weighted by molar-refractivity contribution is 6.33. The Bertz CT molecular complexity index is 1270. The molecule has 5 rings (SSSR count). The Morgan fingerprint density at radius 2 is 2.12 bits per heavy atom. The van der Waals surface area contributed by atoms with Crippen molar-refractivity contribution in [3.05, 3.63) is 35.0 Å². The number of fused-ring (bicyclic) bond motifs is 3. The van der Waals surface area contributed by atoms with E-state index in [-0.39, 0.29) is 34.8 Å². The molecule has 34 heavy (non-hydrogen) atoms. The van der Waals surface area contributed by atoms with Gasteiger partial charge in [0.2, 0.25) is 5.95 Å². The van der Waals surface area contributed by atoms with Crippen LogP contribution in [0.5, 0.6) is 0 Å². The van der Waals surface area contributed by atoms with E-state index in [0.717, 1.165) is 0 Å². The second-order valence-corrected chi connectivity index (χ2v) is 9.81. The lowest BCUT2D eigenvalue weighted by Crippen LogP contribution is -2.48. The van der Waals surface area contributed by atoms with Gasteiger partial charge >= 0.3 is 0 Å². The number of imidazole rings is 1. The van der Waals surface area contributed by atoms with E-state index in [9.17, 15) is 10.2 Å². The molecule has 2 bridgehead atoms. The zero-order valence-electron chi connectivity index (χ0n) is 20.2. The van der Waals surface area contributed by atoms with Gasteiger partial charge in [0.1, 0.15) is 29.2 Å². The maximum Gasteiger partial charge on any atom is 0.223 e. The number of nitrogens with zero attached hydrogens (tertiary/aromatic N) is 4. The molecule has 0 aliphatic carbocycles. The summed E-state index contributed by atoms with van der Waals surface area (Å²) >= 11 is 6.41. The highest BCUT2D eigenvalue weighted by atomic mass is 35.5. The van der Waals surface area contributed by atoms with Crippen molar-refractivity contribution >= 4 is 28.6 Å². The van der Waals surface area contributed by atoms with Crippen LogP contribution in [0.3, 0.4) is 0 Å². The Hall–Kier alpha value is -2.37. The highest BCUT2D eigenvalue weighted by Gasteiger charge is 2.43. The van der Waals surface area contributed by atoms with Crippen molar-refractivity contribution < 1.29 is 25.4 Å². The molecule has 0 unspecified atom stereocenters. The molecular weight excluding hydrogens is 465 g/mol. The van der Waals surface area contributed by atoms with Crippen LogP contribution < -0.4 is 5.32 Å². The molecule has 2 aromatic heterocycles. The van der Waals surface area contributed by atoms with E-state index in [1.165, 1.54) is 12.3 Å². The van der Waals surface area contributed by atoms with Crippen LogP contribution in [0.15, 0.2) is 18.3 Å². The molecule has 0 radical (unpaired) electrons. The van der Waals surface area contributed by atoms with Gasteiger partial charge in [-0.3, -0.25) is 0 Å². The van der Waals surface area contributed by atoms with Crippen molar-refractivity contribution in [2.75, 3.05) is 11.9 Å². The minimum atomic E-state index is -1.28. The predicted octanol–water partition coefficient (Wildman–Crippen LogP) is 3.38. The number of hydrogen-bond donors (Lipinski definition) is 3. The number of halogens is 2. The normalized spacial score (nSPS) is 27.4. The minimum absolute atomic E-state index is 0.101. The fraction of sp³-hybridized carbons (Fsp3) is 0.522. The molecule has 0 spiro atoms. The van der Waals surface area contributed by atoms with Gasteiger partial charge in [0.05, 0.1) is 35.1 Å². The van der Waals surface area contributed by atoms with Gasteiger partial charge in [-0.05, 0) is 39.8 Å². The third-order valence-electron chi connectivity index (χ3n) is 5.97. The highest BCUT2D eigenvalue weighted by Crippen LogP contribution is 2.35. The van der Waals surface area contributed by atoms with Crippen molar-refractivity contribution in [2.24, 2.45) is 0 Å². The quantitative estimate of drug-likeness (QED) is 0.496. The molecule has 3 N–H and O–H groups in total. The minimum Gasteiger partial charge on any atom is -0.388 e. The van der Waals surface area contributed by atoms with E-state index in [2.05, 4.69) is 20.3 Å². The number of aromatic nitrogens is 4. The Morgan fingerprint density at radius 3 is 2.82 bits per heavy atom. The molecular formula is C23H27ClFN5O4. The van der Waals surface area contributed by atoms with E-state index in [1.807, 2.05) is 13.8 Å². The zero-order chi connectivity index (χ0) is 25.2. The maximum absolute atomic E-state index is 15.2. The summed E-state index contributed by atoms with van der Waals surface area (Å²) in [6.07, 6.45) is -1.80. The summed E-state index contributed by atoms with van der Waals surface area (Å²) in [6, 6.07) is 2.18. The Balaban J connectivity index is 1.56. The van der Waals surface area contributed by atoms with Crippen LogP contribution in [-0.4, -0.2) is 60.9 Å². The molecule has 2 aliphatic heterocycles. The maximum atomic E-state index is 15.2. The van der Waals surface area contributed by atoms with Gasteiger partial charge in [-0.15, -0.1) is 0 Å². The van der Waals surface area contributed by atoms with Gasteiger partial charge in [-0.2, -0.15) is 0 Å². The van der Waals surface area contributed by atoms with Crippen molar-refractivity contribution in [2.45, 2.75) is 70.3 Å². The Morgan fingerprint density at radius 1 is 1.35 bits per heavy atom. The lowest BCUT2D eigenvalue weighted by Gasteiger charge is -2.32. The summed E-state index contributed by atoms with van der Waals surface area (Å²) in [5.41, 5.74) is 0.0265. The summed E-state index contributed by atoms with van der Waals surface area (Å²) < 4.78 is 36.3. The number of aliphatic hydroxyl groups is 2. The Labute approximate surface area is 202 Å². The summed E-state index contributed by atoms with van der Waals surface area (Å²) in [6.45, 7) is 7.27. The third kappa shape index (κ3) is 4.03. The molecule has 2 aliphatic rings. The number of benzene rings is 1. The number of aliphatic hydroxyl groups excluding tert-OH is 1. The van der Waals surface area contributed by atoms with Gasteiger partial charge in [-0.25, -0.2) is 19.3 Å². The molecule has 2 fully saturated rings. The van der Waals surface area contributed by atoms with Gasteiger partial charge in [0, 0.05) is 19.4 Å². The van der Waals surface area contributed by atoms with Gasteiger partial charge < -0.3 is 29.6 Å². The first-order chi connectivity index (χ1) is 16.5. The van der Waals surface area contributed by atoms with Gasteiger partial charge in [0.15, 0.2) is 12.1 Å². The van der Waals surface area contributed by atoms with Crippen LogP contribution in [0.4, 0.5) is 10.3 Å². The number of rotatable bonds is 5. The standard InChI is InChI=1S/C23H27ClFN5O4/c1-10(2)30-15-6-11(5-13(25)19(15)28-21(30)23(3,4)32)18-12(24)8-26-22(29-18)27-14-7-17-33-9-16(34-17)20(14)31/h5-6,8,10,14,16-17,20,31-32H,7,9H2,1-4H3,(H,26,27,29)/t14-,16+,17+,20+/m1/s1/i7D/t7-,14+,16-,17-,20-/m0. The number of ether oxygens (including phenoxy) is 2. The smallest absolute Gasteiger partial charge is 0.223 e. The van der Waals surface area contributed by atoms with Crippen LogP contribution in [0.2, 0.25) is 5.02 Å². The summed E-state index contributed by atoms with van der Waals surface area (Å²) in [4.78, 5) is 13.0. The molecule has 11 heteroatoms. The number of nitrogens with one attached hydrogen (secondary N) is 1. The van der Waals surface area contributed by atoms with E-state index >= 15 is 4.39 Å². The monoisotopic (exact) mass is 492 g/mol. The fourth-order valence-corrected chi connectivity index (χ4v) is 4.60. The summed E-state index contributed by atoms with van der Waals surface area (Å²) in [7, 11) is 0.